The van der Waals surface area contributed by atoms with Crippen LogP contribution in [-0.4, -0.2) is 12.8 Å². The van der Waals surface area contributed by atoms with E-state index in [-0.39, 0.29) is 11.2 Å². The van der Waals surface area contributed by atoms with Crippen LogP contribution in [0.3, 0.4) is 0 Å². The summed E-state index contributed by atoms with van der Waals surface area (Å²) in [7, 11) is 0. The van der Waals surface area contributed by atoms with Gasteiger partial charge in [0.25, 0.3) is 5.82 Å². The van der Waals surface area contributed by atoms with Crippen molar-refractivity contribution in [1.82, 2.24) is 0 Å². The van der Waals surface area contributed by atoms with E-state index in [4.69, 9.17) is 0 Å². The largest absolute Gasteiger partial charge is 0.642 e. The monoisotopic (exact) mass is 375 g/mol. The third-order valence-electron chi connectivity index (χ3n) is 5.49. The predicted molar refractivity (Wildman–Crippen MR) is 111 cm³/mol. The molecule has 3 aromatic rings. The molecular formula is C22H20BF2N3. The van der Waals surface area contributed by atoms with Gasteiger partial charge in [-0.05, 0) is 39.7 Å². The number of aromatic nitrogens is 1. The van der Waals surface area contributed by atoms with Crippen molar-refractivity contribution in [3.05, 3.63) is 72.3 Å². The molecule has 0 N–H and O–H groups in total. The van der Waals surface area contributed by atoms with Crippen molar-refractivity contribution in [1.29, 1.82) is 0 Å². The van der Waals surface area contributed by atoms with Crippen molar-refractivity contribution in [2.75, 3.05) is 4.81 Å². The van der Waals surface area contributed by atoms with Gasteiger partial charge in [-0.15, -0.1) is 0 Å². The van der Waals surface area contributed by atoms with Gasteiger partial charge < -0.3 is 17.9 Å². The van der Waals surface area contributed by atoms with Crippen LogP contribution in [-0.2, 0) is 0 Å². The first-order valence-corrected chi connectivity index (χ1v) is 9.44. The summed E-state index contributed by atoms with van der Waals surface area (Å²) in [5, 5.41) is 0.766. The quantitative estimate of drug-likeness (QED) is 0.486. The number of para-hydroxylation sites is 2. The van der Waals surface area contributed by atoms with Crippen LogP contribution in [0.15, 0.2) is 71.7 Å². The molecule has 1 aromatic heterocycles. The van der Waals surface area contributed by atoms with E-state index in [1.807, 2.05) is 36.4 Å². The number of aliphatic imine (C=N–C) groups is 1. The fourth-order valence-electron chi connectivity index (χ4n) is 4.21. The molecule has 6 heteroatoms. The normalized spacial score (nSPS) is 17.4. The molecule has 0 bridgehead atoms. The van der Waals surface area contributed by atoms with Gasteiger partial charge in [-0.2, -0.15) is 0 Å². The molecule has 140 valence electrons. The molecule has 0 spiro atoms. The Kier molecular flexibility index (Phi) is 3.36. The van der Waals surface area contributed by atoms with Gasteiger partial charge in [-0.3, -0.25) is 0 Å². The van der Waals surface area contributed by atoms with Gasteiger partial charge >= 0.3 is 6.97 Å². The topological polar surface area (TPSA) is 19.5 Å². The number of pyridine rings is 1. The SMILES string of the molecule is CC(C)(C)C1=CC2=Nc3ccc4ccccc4[n+]3[B-](F)(F)N2c2ccccc21. The van der Waals surface area contributed by atoms with E-state index in [9.17, 15) is 0 Å². The highest BCUT2D eigenvalue weighted by molar-refractivity contribution is 6.69. The van der Waals surface area contributed by atoms with Crippen LogP contribution in [0.5, 0.6) is 0 Å². The van der Waals surface area contributed by atoms with Crippen LogP contribution in [0.1, 0.15) is 26.3 Å². The highest BCUT2D eigenvalue weighted by atomic mass is 19.2. The zero-order valence-corrected chi connectivity index (χ0v) is 16.0. The lowest BCUT2D eigenvalue weighted by molar-refractivity contribution is -0.524. The average molecular weight is 375 g/mol. The fraction of sp³-hybridized carbons (Fsp3) is 0.182. The van der Waals surface area contributed by atoms with Gasteiger partial charge in [0.15, 0.2) is 0 Å². The lowest BCUT2D eigenvalue weighted by Crippen LogP contribution is -2.73. The fourth-order valence-corrected chi connectivity index (χ4v) is 4.21. The molecule has 0 fully saturated rings. The molecule has 28 heavy (non-hydrogen) atoms. The number of allylic oxidation sites excluding steroid dienone is 1. The van der Waals surface area contributed by atoms with Crippen LogP contribution in [0.25, 0.3) is 16.5 Å². The minimum absolute atomic E-state index is 0.191. The molecule has 3 heterocycles. The van der Waals surface area contributed by atoms with Gasteiger partial charge in [0.05, 0.1) is 5.52 Å². The highest BCUT2D eigenvalue weighted by Gasteiger charge is 2.52. The van der Waals surface area contributed by atoms with Crippen LogP contribution < -0.4 is 9.29 Å². The molecule has 0 radical (unpaired) electrons. The van der Waals surface area contributed by atoms with Crippen LogP contribution >= 0.6 is 0 Å². The average Bonchev–Trinajstić information content (AvgIpc) is 2.65. The molecule has 0 amide bonds. The number of anilines is 1. The molecule has 0 saturated carbocycles. The predicted octanol–water partition coefficient (Wildman–Crippen LogP) is 5.34. The molecule has 2 aromatic carbocycles. The molecule has 0 saturated heterocycles. The number of halogens is 2. The van der Waals surface area contributed by atoms with Crippen LogP contribution in [0.2, 0.25) is 0 Å². The molecule has 0 unspecified atom stereocenters. The van der Waals surface area contributed by atoms with Gasteiger partial charge in [-0.25, -0.2) is 0 Å². The van der Waals surface area contributed by atoms with Crippen molar-refractivity contribution in [3.63, 3.8) is 0 Å². The number of fused-ring (bicyclic) bond motifs is 6. The molecule has 0 atom stereocenters. The maximum atomic E-state index is 16.0. The first-order chi connectivity index (χ1) is 13.3. The molecule has 3 nitrogen and oxygen atoms in total. The second-order valence-corrected chi connectivity index (χ2v) is 8.37. The Morgan fingerprint density at radius 1 is 0.929 bits per heavy atom. The molecule has 2 aliphatic rings. The zero-order valence-electron chi connectivity index (χ0n) is 16.0. The summed E-state index contributed by atoms with van der Waals surface area (Å²) < 4.78 is 33.1. The van der Waals surface area contributed by atoms with Crippen molar-refractivity contribution >= 4 is 40.8 Å². The van der Waals surface area contributed by atoms with E-state index < -0.39 is 6.97 Å². The maximum absolute atomic E-state index is 16.0. The Morgan fingerprint density at radius 3 is 2.43 bits per heavy atom. The standard InChI is InChI=1S/C22H20BF2N3/c1-22(2,3)17-14-21-26-20-13-12-15-8-4-6-10-18(15)27(20)23(24,25)28(21)19-11-7-5-9-16(17)19/h4-14H,1-3H3. The third kappa shape index (κ3) is 2.27. The zero-order chi connectivity index (χ0) is 19.7. The van der Waals surface area contributed by atoms with Crippen molar-refractivity contribution in [2.45, 2.75) is 20.8 Å². The number of rotatable bonds is 0. The summed E-state index contributed by atoms with van der Waals surface area (Å²) in [5.74, 6) is 0.572. The Balaban J connectivity index is 1.86. The minimum atomic E-state index is -4.11. The van der Waals surface area contributed by atoms with Crippen molar-refractivity contribution in [3.8, 4) is 0 Å². The van der Waals surface area contributed by atoms with Gasteiger partial charge in [-0.1, -0.05) is 57.2 Å². The third-order valence-corrected chi connectivity index (χ3v) is 5.49. The summed E-state index contributed by atoms with van der Waals surface area (Å²) in [4.78, 5) is 5.76. The lowest BCUT2D eigenvalue weighted by Gasteiger charge is -2.43. The van der Waals surface area contributed by atoms with Gasteiger partial charge in [0.2, 0.25) is 5.84 Å². The number of hydrogen-bond acceptors (Lipinski definition) is 2. The molecule has 0 aliphatic carbocycles. The van der Waals surface area contributed by atoms with Crippen LogP contribution in [0.4, 0.5) is 20.1 Å². The highest BCUT2D eigenvalue weighted by Crippen LogP contribution is 2.44. The van der Waals surface area contributed by atoms with E-state index in [1.54, 1.807) is 30.3 Å². The summed E-state index contributed by atoms with van der Waals surface area (Å²) in [5.41, 5.74) is 2.64. The smallest absolute Gasteiger partial charge is 0.414 e. The lowest BCUT2D eigenvalue weighted by atomic mass is 9.76. The first-order valence-electron chi connectivity index (χ1n) is 9.44. The molecule has 5 rings (SSSR count). The van der Waals surface area contributed by atoms with Crippen LogP contribution in [0, 0.1) is 5.41 Å². The molecule has 2 aliphatic heterocycles. The van der Waals surface area contributed by atoms with Gasteiger partial charge in [0, 0.05) is 23.2 Å². The minimum Gasteiger partial charge on any atom is -0.414 e. The Morgan fingerprint density at radius 2 is 1.64 bits per heavy atom. The van der Waals surface area contributed by atoms with Crippen molar-refractivity contribution in [2.24, 2.45) is 10.4 Å². The summed E-state index contributed by atoms with van der Waals surface area (Å²) >= 11 is 0. The Bertz CT molecular complexity index is 1190. The van der Waals surface area contributed by atoms with Gasteiger partial charge in [0.1, 0.15) is 0 Å². The summed E-state index contributed by atoms with van der Waals surface area (Å²) in [6.45, 7) is 2.17. The van der Waals surface area contributed by atoms with Crippen molar-refractivity contribution < 1.29 is 13.1 Å². The number of amidine groups is 1. The Hall–Kier alpha value is -3.02. The second-order valence-electron chi connectivity index (χ2n) is 8.37. The van der Waals surface area contributed by atoms with E-state index in [2.05, 4.69) is 25.8 Å². The first kappa shape index (κ1) is 17.1. The Labute approximate surface area is 162 Å². The number of nitrogens with zero attached hydrogens (tertiary/aromatic N) is 3. The number of hydrogen-bond donors (Lipinski definition) is 0. The van der Waals surface area contributed by atoms with E-state index in [1.165, 1.54) is 0 Å². The second kappa shape index (κ2) is 5.50. The molecular weight excluding hydrogens is 355 g/mol. The maximum Gasteiger partial charge on any atom is 0.642 e. The summed E-state index contributed by atoms with van der Waals surface area (Å²) in [6, 6.07) is 18.1. The van der Waals surface area contributed by atoms with E-state index in [0.29, 0.717) is 17.0 Å². The number of benzene rings is 2. The summed E-state index contributed by atoms with van der Waals surface area (Å²) in [6.07, 6.45) is 1.82. The van der Waals surface area contributed by atoms with E-state index in [0.717, 1.165) is 25.8 Å². The van der Waals surface area contributed by atoms with E-state index >= 15 is 8.63 Å².